The zero-order valence-corrected chi connectivity index (χ0v) is 11.2. The molecule has 0 saturated heterocycles. The quantitative estimate of drug-likeness (QED) is 0.824. The third-order valence-corrected chi connectivity index (χ3v) is 3.88. The van der Waals surface area contributed by atoms with Crippen molar-refractivity contribution in [3.8, 4) is 0 Å². The predicted molar refractivity (Wildman–Crippen MR) is 72.0 cm³/mol. The lowest BCUT2D eigenvalue weighted by molar-refractivity contribution is -0.0304. The van der Waals surface area contributed by atoms with E-state index >= 15 is 0 Å². The molecule has 2 atom stereocenters. The van der Waals surface area contributed by atoms with E-state index in [0.717, 1.165) is 19.3 Å². The van der Waals surface area contributed by atoms with Gasteiger partial charge in [0.2, 0.25) is 0 Å². The highest BCUT2D eigenvalue weighted by Gasteiger charge is 2.35. The maximum atomic E-state index is 10.8. The lowest BCUT2D eigenvalue weighted by atomic mass is 9.71. The first kappa shape index (κ1) is 12.6. The van der Waals surface area contributed by atoms with E-state index < -0.39 is 5.60 Å². The van der Waals surface area contributed by atoms with Crippen LogP contribution >= 0.6 is 0 Å². The molecule has 0 aromatic heterocycles. The van der Waals surface area contributed by atoms with Gasteiger partial charge in [-0.15, -0.1) is 0 Å². The van der Waals surface area contributed by atoms with Crippen LogP contribution in [0.2, 0.25) is 0 Å². The normalized spacial score (nSPS) is 33.6. The van der Waals surface area contributed by atoms with Gasteiger partial charge in [-0.25, -0.2) is 0 Å². The third-order valence-electron chi connectivity index (χ3n) is 3.88. The molecule has 0 bridgehead atoms. The Morgan fingerprint density at radius 2 is 1.88 bits per heavy atom. The van der Waals surface area contributed by atoms with Crippen molar-refractivity contribution in [2.75, 3.05) is 0 Å². The lowest BCUT2D eigenvalue weighted by Crippen LogP contribution is -2.39. The van der Waals surface area contributed by atoms with Gasteiger partial charge in [-0.3, -0.25) is 0 Å². The number of hydrogen-bond donors (Lipinski definition) is 1. The molecule has 1 N–H and O–H groups in total. The summed E-state index contributed by atoms with van der Waals surface area (Å²) in [7, 11) is 0. The summed E-state index contributed by atoms with van der Waals surface area (Å²) >= 11 is 0. The van der Waals surface area contributed by atoms with E-state index in [0.29, 0.717) is 11.8 Å². The van der Waals surface area contributed by atoms with Crippen molar-refractivity contribution in [2.45, 2.75) is 52.1 Å². The van der Waals surface area contributed by atoms with Gasteiger partial charge in [-0.2, -0.15) is 0 Å². The van der Waals surface area contributed by atoms with Crippen molar-refractivity contribution < 1.29 is 5.11 Å². The van der Waals surface area contributed by atoms with Gasteiger partial charge in [0.15, 0.2) is 0 Å². The van der Waals surface area contributed by atoms with Gasteiger partial charge in [-0.1, -0.05) is 43.7 Å². The van der Waals surface area contributed by atoms with Crippen LogP contribution in [-0.2, 0) is 6.42 Å². The fraction of sp³-hybridized carbons (Fsp3) is 0.625. The molecule has 1 nitrogen and oxygen atoms in total. The van der Waals surface area contributed by atoms with E-state index in [1.807, 2.05) is 0 Å². The Bertz CT molecular complexity index is 373. The molecule has 1 aromatic carbocycles. The highest BCUT2D eigenvalue weighted by Crippen LogP contribution is 2.37. The largest absolute Gasteiger partial charge is 0.390 e. The first-order chi connectivity index (χ1) is 7.97. The Morgan fingerprint density at radius 3 is 2.47 bits per heavy atom. The summed E-state index contributed by atoms with van der Waals surface area (Å²) in [5, 5.41) is 10.8. The molecule has 2 rings (SSSR count). The van der Waals surface area contributed by atoms with Crippen LogP contribution in [0.25, 0.3) is 0 Å². The van der Waals surface area contributed by atoms with E-state index in [2.05, 4.69) is 45.0 Å². The molecule has 0 heterocycles. The molecule has 1 aromatic rings. The Morgan fingerprint density at radius 1 is 1.24 bits per heavy atom. The van der Waals surface area contributed by atoms with E-state index in [-0.39, 0.29) is 0 Å². The van der Waals surface area contributed by atoms with E-state index in [1.165, 1.54) is 17.5 Å². The molecular weight excluding hydrogens is 208 g/mol. The summed E-state index contributed by atoms with van der Waals surface area (Å²) in [4.78, 5) is 0. The van der Waals surface area contributed by atoms with Crippen molar-refractivity contribution in [1.29, 1.82) is 0 Å². The smallest absolute Gasteiger partial charge is 0.0693 e. The first-order valence-electron chi connectivity index (χ1n) is 6.75. The standard InChI is InChI=1S/C16H24O/c1-12-5-4-6-15(8-12)11-16(17)9-13(2)7-14(3)10-16/h4-6,8,13-14,17H,7,9-11H2,1-3H3. The molecule has 17 heavy (non-hydrogen) atoms. The van der Waals surface area contributed by atoms with E-state index in [9.17, 15) is 5.11 Å². The van der Waals surface area contributed by atoms with Gasteiger partial charge >= 0.3 is 0 Å². The average Bonchev–Trinajstić information content (AvgIpc) is 2.13. The monoisotopic (exact) mass is 232 g/mol. The van der Waals surface area contributed by atoms with Crippen LogP contribution in [0.15, 0.2) is 24.3 Å². The van der Waals surface area contributed by atoms with Crippen molar-refractivity contribution >= 4 is 0 Å². The summed E-state index contributed by atoms with van der Waals surface area (Å²) in [6, 6.07) is 8.53. The topological polar surface area (TPSA) is 20.2 Å². The summed E-state index contributed by atoms with van der Waals surface area (Å²) in [6.45, 7) is 6.63. The minimum Gasteiger partial charge on any atom is -0.390 e. The first-order valence-corrected chi connectivity index (χ1v) is 6.75. The number of aryl methyl sites for hydroxylation is 1. The van der Waals surface area contributed by atoms with Gasteiger partial charge in [0.1, 0.15) is 0 Å². The Hall–Kier alpha value is -0.820. The van der Waals surface area contributed by atoms with Crippen LogP contribution < -0.4 is 0 Å². The Kier molecular flexibility index (Phi) is 3.58. The summed E-state index contributed by atoms with van der Waals surface area (Å²) in [5.41, 5.74) is 2.07. The highest BCUT2D eigenvalue weighted by molar-refractivity contribution is 5.23. The van der Waals surface area contributed by atoms with Crippen LogP contribution in [0.4, 0.5) is 0 Å². The average molecular weight is 232 g/mol. The van der Waals surface area contributed by atoms with Crippen LogP contribution in [0, 0.1) is 18.8 Å². The predicted octanol–water partition coefficient (Wildman–Crippen LogP) is 3.72. The number of aliphatic hydroxyl groups is 1. The second-order valence-electron chi connectivity index (χ2n) is 6.24. The summed E-state index contributed by atoms with van der Waals surface area (Å²) in [6.07, 6.45) is 3.97. The molecule has 0 spiro atoms. The van der Waals surface area contributed by atoms with Crippen LogP contribution in [0.1, 0.15) is 44.2 Å². The molecule has 0 amide bonds. The number of benzene rings is 1. The maximum Gasteiger partial charge on any atom is 0.0693 e. The molecule has 0 aliphatic heterocycles. The number of hydrogen-bond acceptors (Lipinski definition) is 1. The Balaban J connectivity index is 2.11. The summed E-state index contributed by atoms with van der Waals surface area (Å²) in [5.74, 6) is 1.29. The van der Waals surface area contributed by atoms with Gasteiger partial charge in [0.05, 0.1) is 5.60 Å². The zero-order valence-electron chi connectivity index (χ0n) is 11.2. The second-order valence-corrected chi connectivity index (χ2v) is 6.24. The fourth-order valence-electron chi connectivity index (χ4n) is 3.58. The van der Waals surface area contributed by atoms with Crippen molar-refractivity contribution in [1.82, 2.24) is 0 Å². The minimum atomic E-state index is -0.481. The van der Waals surface area contributed by atoms with E-state index in [4.69, 9.17) is 0 Å². The van der Waals surface area contributed by atoms with Crippen molar-refractivity contribution in [2.24, 2.45) is 11.8 Å². The molecular formula is C16H24O. The van der Waals surface area contributed by atoms with Crippen LogP contribution in [0.3, 0.4) is 0 Å². The lowest BCUT2D eigenvalue weighted by Gasteiger charge is -2.39. The number of rotatable bonds is 2. The van der Waals surface area contributed by atoms with Gasteiger partial charge in [0.25, 0.3) is 0 Å². The third kappa shape index (κ3) is 3.32. The van der Waals surface area contributed by atoms with Gasteiger partial charge < -0.3 is 5.11 Å². The molecule has 1 saturated carbocycles. The van der Waals surface area contributed by atoms with Gasteiger partial charge in [-0.05, 0) is 43.6 Å². The molecule has 1 heteroatoms. The zero-order chi connectivity index (χ0) is 12.5. The molecule has 1 aliphatic rings. The highest BCUT2D eigenvalue weighted by atomic mass is 16.3. The fourth-order valence-corrected chi connectivity index (χ4v) is 3.58. The summed E-state index contributed by atoms with van der Waals surface area (Å²) < 4.78 is 0. The second kappa shape index (κ2) is 4.81. The van der Waals surface area contributed by atoms with Gasteiger partial charge in [0, 0.05) is 6.42 Å². The van der Waals surface area contributed by atoms with Crippen molar-refractivity contribution in [3.05, 3.63) is 35.4 Å². The van der Waals surface area contributed by atoms with Crippen LogP contribution in [-0.4, -0.2) is 10.7 Å². The molecule has 0 radical (unpaired) electrons. The molecule has 94 valence electrons. The van der Waals surface area contributed by atoms with Crippen molar-refractivity contribution in [3.63, 3.8) is 0 Å². The van der Waals surface area contributed by atoms with E-state index in [1.54, 1.807) is 0 Å². The SMILES string of the molecule is Cc1cccc(CC2(O)CC(C)CC(C)C2)c1. The molecule has 2 unspecified atom stereocenters. The maximum absolute atomic E-state index is 10.8. The minimum absolute atomic E-state index is 0.481. The Labute approximate surface area is 105 Å². The van der Waals surface area contributed by atoms with Crippen LogP contribution in [0.5, 0.6) is 0 Å². The molecule has 1 fully saturated rings. The molecule has 1 aliphatic carbocycles.